The van der Waals surface area contributed by atoms with Crippen LogP contribution in [0.15, 0.2) is 83.2 Å². The van der Waals surface area contributed by atoms with E-state index >= 15 is 0 Å². The third kappa shape index (κ3) is 3.87. The number of carbonyl (C=O) groups excluding carboxylic acids is 1. The number of fused-ring (bicyclic) bond motifs is 1. The van der Waals surface area contributed by atoms with E-state index in [0.29, 0.717) is 18.7 Å². The smallest absolute Gasteiger partial charge is 0.270 e. The van der Waals surface area contributed by atoms with Crippen LogP contribution in [0.1, 0.15) is 20.8 Å². The maximum absolute atomic E-state index is 13.2. The number of pyridine rings is 1. The second-order valence-corrected chi connectivity index (χ2v) is 7.48. The molecule has 0 N–H and O–H groups in total. The number of thiophene rings is 1. The van der Waals surface area contributed by atoms with Gasteiger partial charge in [0.15, 0.2) is 0 Å². The molecule has 28 heavy (non-hydrogen) atoms. The van der Waals surface area contributed by atoms with Crippen LogP contribution in [0.25, 0.3) is 5.65 Å². The lowest BCUT2D eigenvalue weighted by molar-refractivity contribution is 0.0744. The zero-order chi connectivity index (χ0) is 19.3. The summed E-state index contributed by atoms with van der Waals surface area (Å²) in [7, 11) is 0. The topological polar surface area (TPSA) is 54.7 Å². The van der Waals surface area contributed by atoms with Crippen molar-refractivity contribution in [2.45, 2.75) is 13.0 Å². The number of nitrogens with zero attached hydrogens (tertiary/aromatic N) is 3. The molecule has 140 valence electrons. The number of aromatic nitrogens is 2. The number of hydrogen-bond donors (Lipinski definition) is 0. The van der Waals surface area contributed by atoms with Crippen LogP contribution in [0.5, 0.6) is 0 Å². The van der Waals surface area contributed by atoms with Gasteiger partial charge in [0.2, 0.25) is 0 Å². The van der Waals surface area contributed by atoms with Crippen LogP contribution in [0.2, 0.25) is 0 Å². The highest BCUT2D eigenvalue weighted by Gasteiger charge is 2.21. The summed E-state index contributed by atoms with van der Waals surface area (Å²) in [6.45, 7) is 0.998. The molecule has 0 atom stereocenters. The standard InChI is InChI=1S/C22H19N3O2S/c26-21(19-15-23-20-10-4-5-12-25(20)22(19)27)24(16-18-9-6-14-28-18)13-11-17-7-2-1-3-8-17/h1-10,12,14-15H,11,13,16H2. The van der Waals surface area contributed by atoms with E-state index in [9.17, 15) is 9.59 Å². The minimum atomic E-state index is -0.341. The summed E-state index contributed by atoms with van der Waals surface area (Å²) in [4.78, 5) is 33.1. The number of carbonyl (C=O) groups is 1. The van der Waals surface area contributed by atoms with Crippen molar-refractivity contribution in [1.82, 2.24) is 14.3 Å². The van der Waals surface area contributed by atoms with E-state index in [1.54, 1.807) is 34.6 Å². The molecule has 3 heterocycles. The normalized spacial score (nSPS) is 10.9. The van der Waals surface area contributed by atoms with Crippen molar-refractivity contribution >= 4 is 22.9 Å². The van der Waals surface area contributed by atoms with Crippen LogP contribution in [0.4, 0.5) is 0 Å². The fourth-order valence-corrected chi connectivity index (χ4v) is 3.81. The average Bonchev–Trinajstić information content (AvgIpc) is 3.25. The van der Waals surface area contributed by atoms with E-state index in [-0.39, 0.29) is 17.0 Å². The molecule has 1 aromatic carbocycles. The Morgan fingerprint density at radius 2 is 1.86 bits per heavy atom. The van der Waals surface area contributed by atoms with Gasteiger partial charge in [-0.3, -0.25) is 14.0 Å². The largest absolute Gasteiger partial charge is 0.333 e. The van der Waals surface area contributed by atoms with Crippen LogP contribution in [0, 0.1) is 0 Å². The van der Waals surface area contributed by atoms with Crippen molar-refractivity contribution in [3.8, 4) is 0 Å². The molecular formula is C22H19N3O2S. The summed E-state index contributed by atoms with van der Waals surface area (Å²) in [5, 5.41) is 1.99. The molecule has 6 heteroatoms. The SMILES string of the molecule is O=C(c1cnc2ccccn2c1=O)N(CCc1ccccc1)Cc1cccs1. The molecule has 5 nitrogen and oxygen atoms in total. The molecule has 1 amide bonds. The van der Waals surface area contributed by atoms with Gasteiger partial charge in [0.1, 0.15) is 11.2 Å². The number of amides is 1. The van der Waals surface area contributed by atoms with Crippen LogP contribution in [-0.2, 0) is 13.0 Å². The summed E-state index contributed by atoms with van der Waals surface area (Å²) >= 11 is 1.60. The van der Waals surface area contributed by atoms with Gasteiger partial charge in [-0.2, -0.15) is 0 Å². The molecule has 0 aliphatic carbocycles. The predicted octanol–water partition coefficient (Wildman–Crippen LogP) is 3.64. The van der Waals surface area contributed by atoms with E-state index in [1.807, 2.05) is 53.9 Å². The first-order valence-electron chi connectivity index (χ1n) is 9.04. The van der Waals surface area contributed by atoms with Crippen molar-refractivity contribution < 1.29 is 4.79 Å². The van der Waals surface area contributed by atoms with Gasteiger partial charge < -0.3 is 4.90 Å². The highest BCUT2D eigenvalue weighted by atomic mass is 32.1. The Labute approximate surface area is 166 Å². The molecule has 4 aromatic rings. The Bertz CT molecular complexity index is 1140. The second kappa shape index (κ2) is 8.19. The zero-order valence-electron chi connectivity index (χ0n) is 15.2. The number of rotatable bonds is 6. The highest BCUT2D eigenvalue weighted by Crippen LogP contribution is 2.15. The van der Waals surface area contributed by atoms with Crippen molar-refractivity contribution in [2.75, 3.05) is 6.54 Å². The van der Waals surface area contributed by atoms with Gasteiger partial charge in [-0.25, -0.2) is 4.98 Å². The highest BCUT2D eigenvalue weighted by molar-refractivity contribution is 7.09. The van der Waals surface area contributed by atoms with Gasteiger partial charge in [-0.15, -0.1) is 11.3 Å². The Morgan fingerprint density at radius 1 is 1.04 bits per heavy atom. The predicted molar refractivity (Wildman–Crippen MR) is 111 cm³/mol. The van der Waals surface area contributed by atoms with Crippen LogP contribution in [0.3, 0.4) is 0 Å². The van der Waals surface area contributed by atoms with Crippen molar-refractivity contribution in [3.05, 3.63) is 105 Å². The molecular weight excluding hydrogens is 370 g/mol. The molecule has 0 radical (unpaired) electrons. The van der Waals surface area contributed by atoms with Gasteiger partial charge in [0.05, 0.1) is 6.54 Å². The Morgan fingerprint density at radius 3 is 2.64 bits per heavy atom. The van der Waals surface area contributed by atoms with Crippen molar-refractivity contribution in [2.24, 2.45) is 0 Å². The molecule has 0 saturated carbocycles. The molecule has 0 unspecified atom stereocenters. The van der Waals surface area contributed by atoms with Crippen molar-refractivity contribution in [3.63, 3.8) is 0 Å². The van der Waals surface area contributed by atoms with Gasteiger partial charge in [-0.05, 0) is 35.6 Å². The van der Waals surface area contributed by atoms with E-state index < -0.39 is 0 Å². The fraction of sp³-hybridized carbons (Fsp3) is 0.136. The van der Waals surface area contributed by atoms with E-state index in [1.165, 1.54) is 10.6 Å². The monoisotopic (exact) mass is 389 g/mol. The minimum Gasteiger partial charge on any atom is -0.333 e. The molecule has 0 bridgehead atoms. The first-order chi connectivity index (χ1) is 13.7. The molecule has 0 spiro atoms. The maximum Gasteiger partial charge on any atom is 0.270 e. The van der Waals surface area contributed by atoms with Crippen molar-refractivity contribution in [1.29, 1.82) is 0 Å². The summed E-state index contributed by atoms with van der Waals surface area (Å²) in [5.41, 5.74) is 1.43. The first kappa shape index (κ1) is 18.1. The van der Waals surface area contributed by atoms with Gasteiger partial charge in [0.25, 0.3) is 11.5 Å². The number of hydrogen-bond acceptors (Lipinski definition) is 4. The van der Waals surface area contributed by atoms with E-state index in [4.69, 9.17) is 0 Å². The Hall–Kier alpha value is -3.25. The molecule has 0 fully saturated rings. The van der Waals surface area contributed by atoms with Crippen LogP contribution in [-0.4, -0.2) is 26.7 Å². The lowest BCUT2D eigenvalue weighted by atomic mass is 10.1. The first-order valence-corrected chi connectivity index (χ1v) is 9.92. The fourth-order valence-electron chi connectivity index (χ4n) is 3.10. The third-order valence-electron chi connectivity index (χ3n) is 4.57. The lowest BCUT2D eigenvalue weighted by Gasteiger charge is -2.22. The molecule has 0 aliphatic rings. The van der Waals surface area contributed by atoms with Gasteiger partial charge in [-0.1, -0.05) is 42.5 Å². The van der Waals surface area contributed by atoms with E-state index in [2.05, 4.69) is 4.98 Å². The van der Waals surface area contributed by atoms with Crippen LogP contribution >= 0.6 is 11.3 Å². The number of benzene rings is 1. The Kier molecular flexibility index (Phi) is 5.30. The molecule has 0 saturated heterocycles. The summed E-state index contributed by atoms with van der Waals surface area (Å²) in [6.07, 6.45) is 3.75. The summed E-state index contributed by atoms with van der Waals surface area (Å²) in [6, 6.07) is 19.3. The summed E-state index contributed by atoms with van der Waals surface area (Å²) < 4.78 is 1.41. The summed E-state index contributed by atoms with van der Waals surface area (Å²) in [5.74, 6) is -0.292. The van der Waals surface area contributed by atoms with Gasteiger partial charge >= 0.3 is 0 Å². The zero-order valence-corrected chi connectivity index (χ0v) is 16.0. The third-order valence-corrected chi connectivity index (χ3v) is 5.43. The average molecular weight is 389 g/mol. The van der Waals surface area contributed by atoms with Crippen LogP contribution < -0.4 is 5.56 Å². The second-order valence-electron chi connectivity index (χ2n) is 6.45. The molecule has 3 aromatic heterocycles. The Balaban J connectivity index is 1.64. The minimum absolute atomic E-state index is 0.0910. The van der Waals surface area contributed by atoms with Gasteiger partial charge in [0, 0.05) is 23.8 Å². The van der Waals surface area contributed by atoms with E-state index in [0.717, 1.165) is 16.9 Å². The maximum atomic E-state index is 13.2. The molecule has 0 aliphatic heterocycles. The molecule has 4 rings (SSSR count). The lowest BCUT2D eigenvalue weighted by Crippen LogP contribution is -2.36. The quantitative estimate of drug-likeness (QED) is 0.506.